The quantitative estimate of drug-likeness (QED) is 0.632. The van der Waals surface area contributed by atoms with Crippen molar-refractivity contribution < 1.29 is 0 Å². The van der Waals surface area contributed by atoms with E-state index in [1.54, 1.807) is 40.4 Å². The van der Waals surface area contributed by atoms with Crippen LogP contribution in [-0.2, 0) is 19.4 Å². The second-order valence-electron chi connectivity index (χ2n) is 6.41. The summed E-state index contributed by atoms with van der Waals surface area (Å²) in [6, 6.07) is 5.37. The summed E-state index contributed by atoms with van der Waals surface area (Å²) >= 11 is 14.1. The standard InChI is InChI=1S/C18H16Cl2N2OS/c1-10-5-6-11-15(7-10)24-17-16(11)18(23)22(9-21-17)8-12-13(19)3-2-4-14(12)20/h2-4,9-10H,5-8H2,1H3. The average molecular weight is 379 g/mol. The van der Waals surface area contributed by atoms with Gasteiger partial charge in [-0.05, 0) is 42.9 Å². The van der Waals surface area contributed by atoms with Crippen LogP contribution in [0, 0.1) is 5.92 Å². The van der Waals surface area contributed by atoms with E-state index >= 15 is 0 Å². The minimum Gasteiger partial charge on any atom is -0.294 e. The lowest BCUT2D eigenvalue weighted by Gasteiger charge is -2.17. The van der Waals surface area contributed by atoms with Gasteiger partial charge in [-0.15, -0.1) is 11.3 Å². The molecule has 1 aromatic carbocycles. The number of aromatic nitrogens is 2. The number of aryl methyl sites for hydroxylation is 1. The van der Waals surface area contributed by atoms with E-state index in [0.29, 0.717) is 22.5 Å². The maximum atomic E-state index is 13.0. The molecule has 0 spiro atoms. The lowest BCUT2D eigenvalue weighted by molar-refractivity contribution is 0.509. The molecule has 0 amide bonds. The Morgan fingerprint density at radius 1 is 1.33 bits per heavy atom. The summed E-state index contributed by atoms with van der Waals surface area (Å²) in [7, 11) is 0. The Morgan fingerprint density at radius 2 is 2.08 bits per heavy atom. The summed E-state index contributed by atoms with van der Waals surface area (Å²) in [4.78, 5) is 19.7. The first-order valence-electron chi connectivity index (χ1n) is 7.97. The van der Waals surface area contributed by atoms with E-state index in [1.807, 2.05) is 0 Å². The maximum absolute atomic E-state index is 13.0. The van der Waals surface area contributed by atoms with Crippen molar-refractivity contribution in [2.45, 2.75) is 32.7 Å². The van der Waals surface area contributed by atoms with Crippen molar-refractivity contribution in [3.8, 4) is 0 Å². The van der Waals surface area contributed by atoms with Gasteiger partial charge in [0.15, 0.2) is 0 Å². The highest BCUT2D eigenvalue weighted by Gasteiger charge is 2.23. The average Bonchev–Trinajstić information content (AvgIpc) is 2.91. The first-order chi connectivity index (χ1) is 11.5. The molecule has 0 N–H and O–H groups in total. The second kappa shape index (κ2) is 6.17. The molecule has 124 valence electrons. The normalized spacial score (nSPS) is 17.2. The Bertz CT molecular complexity index is 972. The topological polar surface area (TPSA) is 34.9 Å². The largest absolute Gasteiger partial charge is 0.294 e. The lowest BCUT2D eigenvalue weighted by Crippen LogP contribution is -2.22. The molecule has 3 aromatic rings. The van der Waals surface area contributed by atoms with E-state index in [1.165, 1.54) is 10.4 Å². The zero-order chi connectivity index (χ0) is 16.8. The molecule has 6 heteroatoms. The molecule has 0 radical (unpaired) electrons. The molecule has 0 aliphatic heterocycles. The van der Waals surface area contributed by atoms with Gasteiger partial charge in [-0.25, -0.2) is 4.98 Å². The number of benzene rings is 1. The van der Waals surface area contributed by atoms with Gasteiger partial charge in [0.05, 0.1) is 18.3 Å². The summed E-state index contributed by atoms with van der Waals surface area (Å²) in [5.41, 5.74) is 1.95. The van der Waals surface area contributed by atoms with Crippen molar-refractivity contribution in [1.82, 2.24) is 9.55 Å². The number of hydrogen-bond acceptors (Lipinski definition) is 3. The summed E-state index contributed by atoms with van der Waals surface area (Å²) < 4.78 is 1.61. The van der Waals surface area contributed by atoms with E-state index in [0.717, 1.165) is 35.0 Å². The van der Waals surface area contributed by atoms with Crippen molar-refractivity contribution in [2.24, 2.45) is 5.92 Å². The smallest absolute Gasteiger partial charge is 0.262 e. The van der Waals surface area contributed by atoms with Crippen LogP contribution < -0.4 is 5.56 Å². The van der Waals surface area contributed by atoms with Crippen LogP contribution in [0.15, 0.2) is 29.3 Å². The summed E-state index contributed by atoms with van der Waals surface area (Å²) in [6.07, 6.45) is 4.75. The van der Waals surface area contributed by atoms with Crippen LogP contribution in [-0.4, -0.2) is 9.55 Å². The predicted molar refractivity (Wildman–Crippen MR) is 101 cm³/mol. The van der Waals surface area contributed by atoms with Gasteiger partial charge in [-0.2, -0.15) is 0 Å². The molecule has 1 aliphatic carbocycles. The van der Waals surface area contributed by atoms with Gasteiger partial charge in [0.2, 0.25) is 0 Å². The summed E-state index contributed by atoms with van der Waals surface area (Å²) in [5.74, 6) is 0.676. The van der Waals surface area contributed by atoms with Crippen LogP contribution in [0.5, 0.6) is 0 Å². The molecular formula is C18H16Cl2N2OS. The predicted octanol–water partition coefficient (Wildman–Crippen LogP) is 4.94. The highest BCUT2D eigenvalue weighted by atomic mass is 35.5. The monoisotopic (exact) mass is 378 g/mol. The van der Waals surface area contributed by atoms with Gasteiger partial charge in [-0.1, -0.05) is 36.2 Å². The number of nitrogens with zero attached hydrogens (tertiary/aromatic N) is 2. The Morgan fingerprint density at radius 3 is 2.83 bits per heavy atom. The highest BCUT2D eigenvalue weighted by Crippen LogP contribution is 2.35. The molecule has 0 saturated heterocycles. The van der Waals surface area contributed by atoms with Gasteiger partial charge in [0, 0.05) is 20.5 Å². The summed E-state index contributed by atoms with van der Waals surface area (Å²) in [6.45, 7) is 2.60. The van der Waals surface area contributed by atoms with Crippen molar-refractivity contribution in [1.29, 1.82) is 0 Å². The van der Waals surface area contributed by atoms with Crippen molar-refractivity contribution in [2.75, 3.05) is 0 Å². The molecule has 0 bridgehead atoms. The van der Waals surface area contributed by atoms with Gasteiger partial charge in [-0.3, -0.25) is 9.36 Å². The molecular weight excluding hydrogens is 363 g/mol. The third-order valence-electron chi connectivity index (χ3n) is 4.67. The van der Waals surface area contributed by atoms with Gasteiger partial charge in [0.25, 0.3) is 5.56 Å². The minimum atomic E-state index is 0.00281. The van der Waals surface area contributed by atoms with E-state index in [-0.39, 0.29) is 5.56 Å². The van der Waals surface area contributed by atoms with Gasteiger partial charge in [0.1, 0.15) is 4.83 Å². The number of thiophene rings is 1. The summed E-state index contributed by atoms with van der Waals surface area (Å²) in [5, 5.41) is 1.92. The molecule has 1 atom stereocenters. The van der Waals surface area contributed by atoms with Gasteiger partial charge < -0.3 is 0 Å². The SMILES string of the molecule is CC1CCc2c(sc3ncn(Cc4c(Cl)cccc4Cl)c(=O)c23)C1. The van der Waals surface area contributed by atoms with E-state index in [9.17, 15) is 4.79 Å². The second-order valence-corrected chi connectivity index (χ2v) is 8.31. The Balaban J connectivity index is 1.83. The first kappa shape index (κ1) is 16.1. The Labute approximate surface area is 153 Å². The molecule has 2 aromatic heterocycles. The zero-order valence-corrected chi connectivity index (χ0v) is 15.5. The fourth-order valence-electron chi connectivity index (χ4n) is 3.33. The third-order valence-corrected chi connectivity index (χ3v) is 6.54. The molecule has 4 rings (SSSR count). The van der Waals surface area contributed by atoms with Gasteiger partial charge >= 0.3 is 0 Å². The Kier molecular flexibility index (Phi) is 4.15. The molecule has 3 nitrogen and oxygen atoms in total. The molecule has 2 heterocycles. The van der Waals surface area contributed by atoms with Crippen LogP contribution in [0.2, 0.25) is 10.0 Å². The number of fused-ring (bicyclic) bond motifs is 3. The Hall–Kier alpha value is -1.36. The highest BCUT2D eigenvalue weighted by molar-refractivity contribution is 7.18. The third kappa shape index (κ3) is 2.67. The minimum absolute atomic E-state index is 0.00281. The van der Waals surface area contributed by atoms with Crippen LogP contribution in [0.1, 0.15) is 29.3 Å². The number of halogens is 2. The fourth-order valence-corrected chi connectivity index (χ4v) is 5.19. The van der Waals surface area contributed by atoms with E-state index in [2.05, 4.69) is 11.9 Å². The van der Waals surface area contributed by atoms with Crippen molar-refractivity contribution in [3.05, 3.63) is 60.9 Å². The maximum Gasteiger partial charge on any atom is 0.262 e. The number of hydrogen-bond donors (Lipinski definition) is 0. The molecule has 0 fully saturated rings. The van der Waals surface area contributed by atoms with Crippen LogP contribution in [0.25, 0.3) is 10.2 Å². The van der Waals surface area contributed by atoms with E-state index < -0.39 is 0 Å². The first-order valence-corrected chi connectivity index (χ1v) is 9.54. The van der Waals surface area contributed by atoms with Crippen molar-refractivity contribution >= 4 is 44.8 Å². The van der Waals surface area contributed by atoms with Crippen LogP contribution in [0.4, 0.5) is 0 Å². The van der Waals surface area contributed by atoms with E-state index in [4.69, 9.17) is 23.2 Å². The van der Waals surface area contributed by atoms with Crippen LogP contribution >= 0.6 is 34.5 Å². The zero-order valence-electron chi connectivity index (χ0n) is 13.2. The molecule has 1 unspecified atom stereocenters. The van der Waals surface area contributed by atoms with Crippen LogP contribution in [0.3, 0.4) is 0 Å². The molecule has 1 aliphatic rings. The molecule has 24 heavy (non-hydrogen) atoms. The lowest BCUT2D eigenvalue weighted by atomic mass is 9.89. The van der Waals surface area contributed by atoms with Crippen molar-refractivity contribution in [3.63, 3.8) is 0 Å². The molecule has 0 saturated carbocycles. The number of rotatable bonds is 2. The fraction of sp³-hybridized carbons (Fsp3) is 0.333.